The molecule has 1 aliphatic carbocycles. The molecular weight excluding hydrogens is 810 g/mol. The SMILES string of the molecule is CC1(C)c2ccccc2-c2c1ccc(-c1ccccc1)c2N1[CH-]N(c2[c-]c(Oc3[c-]c(Oc4ccccn4)ccc3)ccc2)c2ccccc21.[Pt]. The van der Waals surface area contributed by atoms with Crippen molar-refractivity contribution in [3.8, 4) is 45.4 Å². The third-order valence-electron chi connectivity index (χ3n) is 9.50. The third-order valence-corrected chi connectivity index (χ3v) is 9.50. The van der Waals surface area contributed by atoms with Crippen molar-refractivity contribution in [1.82, 2.24) is 4.98 Å². The van der Waals surface area contributed by atoms with E-state index < -0.39 is 0 Å². The van der Waals surface area contributed by atoms with Crippen LogP contribution in [0.25, 0.3) is 22.3 Å². The first-order valence-electron chi connectivity index (χ1n) is 16.7. The van der Waals surface area contributed by atoms with Crippen LogP contribution in [0.3, 0.4) is 0 Å². The molecule has 0 radical (unpaired) electrons. The van der Waals surface area contributed by atoms with Gasteiger partial charge < -0.3 is 19.3 Å². The molecule has 0 amide bonds. The van der Waals surface area contributed by atoms with Crippen molar-refractivity contribution in [2.45, 2.75) is 19.3 Å². The van der Waals surface area contributed by atoms with Gasteiger partial charge in [0.2, 0.25) is 5.88 Å². The fourth-order valence-electron chi connectivity index (χ4n) is 7.18. The number of hydrogen-bond donors (Lipinski definition) is 0. The summed E-state index contributed by atoms with van der Waals surface area (Å²) in [4.78, 5) is 8.78. The average molecular weight is 842 g/mol. The molecule has 1 aliphatic heterocycles. The summed E-state index contributed by atoms with van der Waals surface area (Å²) in [6.07, 6.45) is 1.69. The van der Waals surface area contributed by atoms with Crippen LogP contribution in [0.15, 0.2) is 152 Å². The molecule has 0 atom stereocenters. The van der Waals surface area contributed by atoms with E-state index in [4.69, 9.17) is 9.47 Å². The molecule has 0 spiro atoms. The Balaban J connectivity index is 0.00000374. The number of ether oxygens (including phenoxy) is 2. The Hall–Kier alpha value is -5.64. The van der Waals surface area contributed by atoms with Gasteiger partial charge in [0.25, 0.3) is 0 Å². The minimum absolute atomic E-state index is 0. The minimum Gasteiger partial charge on any atom is -0.509 e. The van der Waals surface area contributed by atoms with Crippen molar-refractivity contribution in [2.24, 2.45) is 0 Å². The molecule has 252 valence electrons. The number of hydrogen-bond acceptors (Lipinski definition) is 5. The van der Waals surface area contributed by atoms with Crippen LogP contribution in [0.4, 0.5) is 22.7 Å². The molecule has 6 heteroatoms. The Morgan fingerprint density at radius 1 is 0.569 bits per heavy atom. The minimum atomic E-state index is -0.134. The van der Waals surface area contributed by atoms with Gasteiger partial charge in [0.1, 0.15) is 0 Å². The van der Waals surface area contributed by atoms with Gasteiger partial charge in [0, 0.05) is 84.2 Å². The van der Waals surface area contributed by atoms with Gasteiger partial charge in [-0.3, -0.25) is 0 Å². The summed E-state index contributed by atoms with van der Waals surface area (Å²) in [6, 6.07) is 56.4. The standard InChI is InChI=1S/C45H32N3O2.Pt/c1-45(2)38-21-7-6-20-37(38)43-39(45)26-25-36(31-14-4-3-5-15-31)44(43)48-30-47(40-22-8-9-23-41(40)48)32-16-12-17-33(28-32)49-34-18-13-19-35(29-34)50-42-24-10-11-27-46-42;/h3-27,30H,1-2H3;/q-3;. The van der Waals surface area contributed by atoms with Crippen molar-refractivity contribution in [3.63, 3.8) is 0 Å². The monoisotopic (exact) mass is 841 g/mol. The van der Waals surface area contributed by atoms with Crippen LogP contribution in [0.2, 0.25) is 0 Å². The van der Waals surface area contributed by atoms with Crippen LogP contribution >= 0.6 is 0 Å². The molecule has 9 rings (SSSR count). The zero-order chi connectivity index (χ0) is 33.7. The van der Waals surface area contributed by atoms with Crippen LogP contribution in [-0.2, 0) is 26.5 Å². The topological polar surface area (TPSA) is 37.8 Å². The Bertz CT molecular complexity index is 2360. The third kappa shape index (κ3) is 5.78. The molecule has 0 saturated heterocycles. The first-order valence-corrected chi connectivity index (χ1v) is 16.7. The van der Waals surface area contributed by atoms with E-state index in [0.717, 1.165) is 22.7 Å². The summed E-state index contributed by atoms with van der Waals surface area (Å²) in [5, 5.41) is 0. The van der Waals surface area contributed by atoms with Crippen molar-refractivity contribution in [3.05, 3.63) is 182 Å². The summed E-state index contributed by atoms with van der Waals surface area (Å²) in [5.41, 5.74) is 11.6. The summed E-state index contributed by atoms with van der Waals surface area (Å²) in [5.74, 6) is 2.10. The van der Waals surface area contributed by atoms with Gasteiger partial charge in [-0.25, -0.2) is 4.98 Å². The second-order valence-corrected chi connectivity index (χ2v) is 12.9. The number of anilines is 4. The van der Waals surface area contributed by atoms with Gasteiger partial charge in [0.15, 0.2) is 0 Å². The van der Waals surface area contributed by atoms with E-state index in [1.807, 2.05) is 42.5 Å². The largest absolute Gasteiger partial charge is 0.509 e. The molecule has 0 N–H and O–H groups in total. The first-order chi connectivity index (χ1) is 24.5. The van der Waals surface area contributed by atoms with Gasteiger partial charge in [-0.1, -0.05) is 105 Å². The Kier molecular flexibility index (Phi) is 8.45. The van der Waals surface area contributed by atoms with Gasteiger partial charge >= 0.3 is 0 Å². The maximum Gasteiger partial charge on any atom is 0.216 e. The Morgan fingerprint density at radius 2 is 1.24 bits per heavy atom. The number of pyridine rings is 1. The molecule has 1 aromatic heterocycles. The number of rotatable bonds is 7. The van der Waals surface area contributed by atoms with E-state index in [1.54, 1.807) is 12.3 Å². The van der Waals surface area contributed by atoms with Crippen LogP contribution in [0.1, 0.15) is 25.0 Å². The van der Waals surface area contributed by atoms with E-state index in [1.165, 1.54) is 33.4 Å². The Morgan fingerprint density at radius 3 is 2.02 bits per heavy atom. The molecule has 0 unspecified atom stereocenters. The van der Waals surface area contributed by atoms with Crippen molar-refractivity contribution in [1.29, 1.82) is 0 Å². The molecule has 2 heterocycles. The van der Waals surface area contributed by atoms with Gasteiger partial charge in [0.05, 0.1) is 0 Å². The van der Waals surface area contributed by atoms with Gasteiger partial charge in [-0.2, -0.15) is 12.1 Å². The number of para-hydroxylation sites is 2. The van der Waals surface area contributed by atoms with Crippen molar-refractivity contribution >= 4 is 22.7 Å². The number of aromatic nitrogens is 1. The zero-order valence-electron chi connectivity index (χ0n) is 28.0. The van der Waals surface area contributed by atoms with Crippen LogP contribution in [-0.4, -0.2) is 4.98 Å². The van der Waals surface area contributed by atoms with E-state index in [2.05, 4.69) is 144 Å². The summed E-state index contributed by atoms with van der Waals surface area (Å²) in [7, 11) is 0. The molecular formula is C45H32N3O2Pt-3. The number of benzene rings is 6. The van der Waals surface area contributed by atoms with Crippen LogP contribution < -0.4 is 19.3 Å². The second-order valence-electron chi connectivity index (χ2n) is 12.9. The molecule has 51 heavy (non-hydrogen) atoms. The quantitative estimate of drug-likeness (QED) is 0.150. The number of fused-ring (bicyclic) bond motifs is 4. The smallest absolute Gasteiger partial charge is 0.216 e. The molecule has 0 bridgehead atoms. The Labute approximate surface area is 313 Å². The molecule has 6 aromatic carbocycles. The molecule has 0 fully saturated rings. The maximum atomic E-state index is 6.29. The van der Waals surface area contributed by atoms with Gasteiger partial charge in [-0.05, 0) is 40.5 Å². The fraction of sp³-hybridized carbons (Fsp3) is 0.0667. The van der Waals surface area contributed by atoms with E-state index in [-0.39, 0.29) is 26.5 Å². The summed E-state index contributed by atoms with van der Waals surface area (Å²) in [6.45, 7) is 6.84. The predicted octanol–water partition coefficient (Wildman–Crippen LogP) is 11.6. The van der Waals surface area contributed by atoms with Gasteiger partial charge in [-0.15, -0.1) is 42.7 Å². The first kappa shape index (κ1) is 32.6. The van der Waals surface area contributed by atoms with Crippen LogP contribution in [0, 0.1) is 18.8 Å². The molecule has 0 saturated carbocycles. The summed E-state index contributed by atoms with van der Waals surface area (Å²) >= 11 is 0. The van der Waals surface area contributed by atoms with Crippen molar-refractivity contribution < 1.29 is 30.5 Å². The number of nitrogens with zero attached hydrogens (tertiary/aromatic N) is 3. The van der Waals surface area contributed by atoms with Crippen LogP contribution in [0.5, 0.6) is 23.1 Å². The normalized spacial score (nSPS) is 13.5. The fourth-order valence-corrected chi connectivity index (χ4v) is 7.18. The molecule has 5 nitrogen and oxygen atoms in total. The van der Waals surface area contributed by atoms with E-state index in [0.29, 0.717) is 23.1 Å². The van der Waals surface area contributed by atoms with Crippen molar-refractivity contribution in [2.75, 3.05) is 9.80 Å². The molecule has 7 aromatic rings. The zero-order valence-corrected chi connectivity index (χ0v) is 30.3. The average Bonchev–Trinajstić information content (AvgIpc) is 3.65. The van der Waals surface area contributed by atoms with E-state index >= 15 is 0 Å². The van der Waals surface area contributed by atoms with E-state index in [9.17, 15) is 0 Å². The predicted molar refractivity (Wildman–Crippen MR) is 199 cm³/mol. The molecule has 2 aliphatic rings. The summed E-state index contributed by atoms with van der Waals surface area (Å²) < 4.78 is 12.2. The maximum absolute atomic E-state index is 6.29. The second kappa shape index (κ2) is 13.2.